The maximum Gasteiger partial charge on any atom is 0.223 e. The van der Waals surface area contributed by atoms with Crippen molar-refractivity contribution < 1.29 is 4.79 Å². The number of aromatic nitrogens is 2. The van der Waals surface area contributed by atoms with Gasteiger partial charge in [0.05, 0.1) is 11.1 Å². The second-order valence-corrected chi connectivity index (χ2v) is 5.78. The number of benzene rings is 1. The maximum atomic E-state index is 11.3. The molecule has 2 aromatic rings. The van der Waals surface area contributed by atoms with E-state index in [1.54, 1.807) is 12.4 Å². The second-order valence-electron chi connectivity index (χ2n) is 5.78. The molecule has 0 aliphatic heterocycles. The van der Waals surface area contributed by atoms with Gasteiger partial charge < -0.3 is 5.32 Å². The van der Waals surface area contributed by atoms with Gasteiger partial charge in [-0.1, -0.05) is 29.8 Å². The molecule has 1 aromatic heterocycles. The minimum absolute atomic E-state index is 0.0152. The van der Waals surface area contributed by atoms with E-state index in [1.165, 1.54) is 24.5 Å². The molecule has 0 radical (unpaired) electrons. The third-order valence-electron chi connectivity index (χ3n) is 4.19. The number of ketones is 1. The molecule has 0 amide bonds. The van der Waals surface area contributed by atoms with Crippen molar-refractivity contribution in [2.24, 2.45) is 0 Å². The van der Waals surface area contributed by atoms with E-state index >= 15 is 0 Å². The highest BCUT2D eigenvalue weighted by atomic mass is 16.1. The molecule has 3 rings (SSSR count). The van der Waals surface area contributed by atoms with Crippen molar-refractivity contribution in [2.45, 2.75) is 38.6 Å². The van der Waals surface area contributed by atoms with Crippen molar-refractivity contribution in [3.05, 3.63) is 53.3 Å². The Labute approximate surface area is 124 Å². The van der Waals surface area contributed by atoms with Gasteiger partial charge >= 0.3 is 0 Å². The first-order chi connectivity index (χ1) is 10.1. The van der Waals surface area contributed by atoms with E-state index in [4.69, 9.17) is 0 Å². The number of carbonyl (C=O) groups excluding carboxylic acids is 1. The Balaban J connectivity index is 1.85. The minimum atomic E-state index is -0.0657. The molecule has 4 heteroatoms. The van der Waals surface area contributed by atoms with Crippen LogP contribution in [0.4, 0.5) is 5.95 Å². The predicted molar refractivity (Wildman–Crippen MR) is 82.4 cm³/mol. The lowest BCUT2D eigenvalue weighted by atomic mass is 9.71. The number of Topliss-reactive ketones (excluding diaryl/α,β-unsaturated/α-hetero) is 1. The van der Waals surface area contributed by atoms with E-state index in [2.05, 4.69) is 46.5 Å². The van der Waals surface area contributed by atoms with E-state index in [0.717, 1.165) is 12.8 Å². The Morgan fingerprint density at radius 1 is 1.24 bits per heavy atom. The van der Waals surface area contributed by atoms with Crippen LogP contribution in [0.25, 0.3) is 0 Å². The summed E-state index contributed by atoms with van der Waals surface area (Å²) in [6, 6.07) is 8.57. The number of hydrogen-bond donors (Lipinski definition) is 1. The molecule has 1 fully saturated rings. The molecule has 21 heavy (non-hydrogen) atoms. The number of nitrogens with one attached hydrogen (secondary N) is 1. The van der Waals surface area contributed by atoms with Gasteiger partial charge in [-0.25, -0.2) is 9.97 Å². The maximum absolute atomic E-state index is 11.3. The highest BCUT2D eigenvalue weighted by Gasteiger charge is 2.39. The van der Waals surface area contributed by atoms with Crippen LogP contribution in [-0.4, -0.2) is 15.8 Å². The van der Waals surface area contributed by atoms with Gasteiger partial charge in [-0.3, -0.25) is 4.79 Å². The van der Waals surface area contributed by atoms with Crippen LogP contribution in [0.3, 0.4) is 0 Å². The lowest BCUT2D eigenvalue weighted by Crippen LogP contribution is -2.42. The summed E-state index contributed by atoms with van der Waals surface area (Å²) < 4.78 is 0. The molecule has 1 aliphatic rings. The summed E-state index contributed by atoms with van der Waals surface area (Å²) >= 11 is 0. The standard InChI is InChI=1S/C17H19N3O/c1-12-5-3-6-15(9-12)17(7-4-8-17)20-16-18-10-14(11-19-16)13(2)21/h3,5-6,9-11H,4,7-8H2,1-2H3,(H,18,19,20). The van der Waals surface area contributed by atoms with Gasteiger partial charge in [0.1, 0.15) is 0 Å². The highest BCUT2D eigenvalue weighted by molar-refractivity contribution is 5.93. The van der Waals surface area contributed by atoms with Gasteiger partial charge in [0.2, 0.25) is 5.95 Å². The van der Waals surface area contributed by atoms with Gasteiger partial charge in [0, 0.05) is 12.4 Å². The SMILES string of the molecule is CC(=O)c1cnc(NC2(c3cccc(C)c3)CCC2)nc1. The summed E-state index contributed by atoms with van der Waals surface area (Å²) in [5.74, 6) is 0.569. The second kappa shape index (κ2) is 5.28. The van der Waals surface area contributed by atoms with Crippen LogP contribution in [0, 0.1) is 6.92 Å². The van der Waals surface area contributed by atoms with Crippen molar-refractivity contribution in [3.63, 3.8) is 0 Å². The topological polar surface area (TPSA) is 54.9 Å². The van der Waals surface area contributed by atoms with E-state index < -0.39 is 0 Å². The first-order valence-electron chi connectivity index (χ1n) is 7.27. The zero-order chi connectivity index (χ0) is 14.9. The molecule has 1 aromatic carbocycles. The fourth-order valence-corrected chi connectivity index (χ4v) is 2.75. The van der Waals surface area contributed by atoms with Crippen LogP contribution in [0.2, 0.25) is 0 Å². The zero-order valence-corrected chi connectivity index (χ0v) is 12.4. The smallest absolute Gasteiger partial charge is 0.223 e. The molecule has 0 bridgehead atoms. The Kier molecular flexibility index (Phi) is 3.45. The molecule has 0 spiro atoms. The number of rotatable bonds is 4. The number of aryl methyl sites for hydroxylation is 1. The summed E-state index contributed by atoms with van der Waals surface area (Å²) in [5.41, 5.74) is 3.02. The summed E-state index contributed by atoms with van der Waals surface area (Å²) in [5, 5.41) is 3.47. The summed E-state index contributed by atoms with van der Waals surface area (Å²) in [6.45, 7) is 3.62. The average Bonchev–Trinajstić information content (AvgIpc) is 2.43. The molecule has 4 nitrogen and oxygen atoms in total. The Bertz CT molecular complexity index is 660. The van der Waals surface area contributed by atoms with E-state index in [9.17, 15) is 4.79 Å². The van der Waals surface area contributed by atoms with Crippen LogP contribution in [0.5, 0.6) is 0 Å². The quantitative estimate of drug-likeness (QED) is 0.872. The number of nitrogens with zero attached hydrogens (tertiary/aromatic N) is 2. The fourth-order valence-electron chi connectivity index (χ4n) is 2.75. The van der Waals surface area contributed by atoms with Crippen LogP contribution >= 0.6 is 0 Å². The van der Waals surface area contributed by atoms with Crippen LogP contribution in [0.15, 0.2) is 36.7 Å². The average molecular weight is 281 g/mol. The fraction of sp³-hybridized carbons (Fsp3) is 0.353. The first kappa shape index (κ1) is 13.7. The van der Waals surface area contributed by atoms with Gasteiger partial charge in [-0.05, 0) is 38.7 Å². The molecule has 108 valence electrons. The first-order valence-corrected chi connectivity index (χ1v) is 7.27. The lowest BCUT2D eigenvalue weighted by molar-refractivity contribution is 0.101. The van der Waals surface area contributed by atoms with Gasteiger partial charge in [-0.15, -0.1) is 0 Å². The van der Waals surface area contributed by atoms with E-state index in [-0.39, 0.29) is 11.3 Å². The molecule has 0 unspecified atom stereocenters. The van der Waals surface area contributed by atoms with Gasteiger partial charge in [0.25, 0.3) is 0 Å². The predicted octanol–water partition coefficient (Wildman–Crippen LogP) is 3.48. The molecule has 1 heterocycles. The van der Waals surface area contributed by atoms with Crippen molar-refractivity contribution in [2.75, 3.05) is 5.32 Å². The molecule has 1 aliphatic carbocycles. The van der Waals surface area contributed by atoms with E-state index in [1.807, 2.05) is 0 Å². The van der Waals surface area contributed by atoms with E-state index in [0.29, 0.717) is 11.5 Å². The molecule has 1 N–H and O–H groups in total. The Morgan fingerprint density at radius 3 is 2.48 bits per heavy atom. The van der Waals surface area contributed by atoms with Crippen molar-refractivity contribution in [1.82, 2.24) is 9.97 Å². The zero-order valence-electron chi connectivity index (χ0n) is 12.4. The largest absolute Gasteiger partial charge is 0.345 e. The lowest BCUT2D eigenvalue weighted by Gasteiger charge is -2.43. The van der Waals surface area contributed by atoms with Crippen LogP contribution in [-0.2, 0) is 5.54 Å². The van der Waals surface area contributed by atoms with Crippen molar-refractivity contribution >= 4 is 11.7 Å². The molecule has 0 atom stereocenters. The molecular formula is C17H19N3O. The normalized spacial score (nSPS) is 16.1. The van der Waals surface area contributed by atoms with Gasteiger partial charge in [-0.2, -0.15) is 0 Å². The molecule has 0 saturated heterocycles. The molecule has 1 saturated carbocycles. The van der Waals surface area contributed by atoms with Crippen LogP contribution < -0.4 is 5.32 Å². The number of carbonyl (C=O) groups is 1. The number of hydrogen-bond acceptors (Lipinski definition) is 4. The minimum Gasteiger partial charge on any atom is -0.345 e. The highest BCUT2D eigenvalue weighted by Crippen LogP contribution is 2.43. The van der Waals surface area contributed by atoms with Gasteiger partial charge in [0.15, 0.2) is 5.78 Å². The summed E-state index contributed by atoms with van der Waals surface area (Å²) in [7, 11) is 0. The number of anilines is 1. The molecular weight excluding hydrogens is 262 g/mol. The third-order valence-corrected chi connectivity index (χ3v) is 4.19. The van der Waals surface area contributed by atoms with Crippen molar-refractivity contribution in [1.29, 1.82) is 0 Å². The monoisotopic (exact) mass is 281 g/mol. The van der Waals surface area contributed by atoms with Crippen LogP contribution in [0.1, 0.15) is 47.7 Å². The summed E-state index contributed by atoms with van der Waals surface area (Å²) in [6.07, 6.45) is 6.52. The summed E-state index contributed by atoms with van der Waals surface area (Å²) in [4.78, 5) is 19.8. The third kappa shape index (κ3) is 2.66. The Hall–Kier alpha value is -2.23. The van der Waals surface area contributed by atoms with Crippen molar-refractivity contribution in [3.8, 4) is 0 Å². The Morgan fingerprint density at radius 2 is 1.95 bits per heavy atom.